The summed E-state index contributed by atoms with van der Waals surface area (Å²) >= 11 is 5.71. The van der Waals surface area contributed by atoms with Gasteiger partial charge >= 0.3 is 0 Å². The second kappa shape index (κ2) is 6.46. The number of rotatable bonds is 5. The number of anilines is 1. The van der Waals surface area contributed by atoms with Crippen LogP contribution in [0, 0.1) is 23.1 Å². The fourth-order valence-electron chi connectivity index (χ4n) is 1.68. The summed E-state index contributed by atoms with van der Waals surface area (Å²) in [5.74, 6) is -0.0882. The molecule has 2 nitrogen and oxygen atoms in total. The highest BCUT2D eigenvalue weighted by molar-refractivity contribution is 6.17. The standard InChI is InChI=1S/C13H16ClFN2/c1-3-17(9-10(2)8-16)13-5-11(7-14)4-12(15)6-13/h4-6,10H,3,7,9H2,1-2H3. The Hall–Kier alpha value is -1.27. The van der Waals surface area contributed by atoms with Crippen molar-refractivity contribution in [3.8, 4) is 6.07 Å². The Morgan fingerprint density at radius 2 is 2.18 bits per heavy atom. The van der Waals surface area contributed by atoms with Crippen molar-refractivity contribution in [1.29, 1.82) is 5.26 Å². The van der Waals surface area contributed by atoms with Crippen LogP contribution in [0.25, 0.3) is 0 Å². The number of hydrogen-bond donors (Lipinski definition) is 0. The maximum Gasteiger partial charge on any atom is 0.125 e. The molecule has 1 aromatic carbocycles. The number of nitrogens with zero attached hydrogens (tertiary/aromatic N) is 2. The fraction of sp³-hybridized carbons (Fsp3) is 0.462. The Balaban J connectivity index is 2.95. The van der Waals surface area contributed by atoms with Gasteiger partial charge in [0.2, 0.25) is 0 Å². The van der Waals surface area contributed by atoms with Crippen LogP contribution in [-0.2, 0) is 5.88 Å². The minimum Gasteiger partial charge on any atom is -0.370 e. The van der Waals surface area contributed by atoms with Crippen LogP contribution in [0.3, 0.4) is 0 Å². The van der Waals surface area contributed by atoms with Gasteiger partial charge in [-0.3, -0.25) is 0 Å². The second-order valence-corrected chi connectivity index (χ2v) is 4.29. The van der Waals surface area contributed by atoms with Crippen LogP contribution in [0.5, 0.6) is 0 Å². The summed E-state index contributed by atoms with van der Waals surface area (Å²) in [5.41, 5.74) is 1.54. The van der Waals surface area contributed by atoms with Crippen LogP contribution in [-0.4, -0.2) is 13.1 Å². The monoisotopic (exact) mass is 254 g/mol. The molecule has 1 aromatic rings. The Kier molecular flexibility index (Phi) is 5.24. The Bertz CT molecular complexity index is 414. The molecule has 0 bridgehead atoms. The van der Waals surface area contributed by atoms with Gasteiger partial charge in [-0.2, -0.15) is 5.26 Å². The van der Waals surface area contributed by atoms with E-state index >= 15 is 0 Å². The Morgan fingerprint density at radius 1 is 1.47 bits per heavy atom. The van der Waals surface area contributed by atoms with Crippen molar-refractivity contribution in [2.75, 3.05) is 18.0 Å². The van der Waals surface area contributed by atoms with Gasteiger partial charge in [-0.25, -0.2) is 4.39 Å². The molecule has 0 aliphatic heterocycles. The fourth-order valence-corrected chi connectivity index (χ4v) is 1.84. The van der Waals surface area contributed by atoms with E-state index in [0.29, 0.717) is 6.54 Å². The summed E-state index contributed by atoms with van der Waals surface area (Å²) in [6, 6.07) is 6.95. The summed E-state index contributed by atoms with van der Waals surface area (Å²) in [6.45, 7) is 5.16. The van der Waals surface area contributed by atoms with Crippen molar-refractivity contribution >= 4 is 17.3 Å². The van der Waals surface area contributed by atoms with Gasteiger partial charge in [0.1, 0.15) is 5.82 Å². The molecule has 17 heavy (non-hydrogen) atoms. The quantitative estimate of drug-likeness (QED) is 0.752. The molecule has 0 aliphatic carbocycles. The first kappa shape index (κ1) is 13.8. The average Bonchev–Trinajstić information content (AvgIpc) is 2.34. The molecule has 1 atom stereocenters. The van der Waals surface area contributed by atoms with Crippen LogP contribution in [0.4, 0.5) is 10.1 Å². The maximum atomic E-state index is 13.4. The van der Waals surface area contributed by atoms with Gasteiger partial charge in [0.05, 0.1) is 12.0 Å². The minimum atomic E-state index is -0.291. The molecule has 4 heteroatoms. The molecular formula is C13H16ClFN2. The SMILES string of the molecule is CCN(CC(C)C#N)c1cc(F)cc(CCl)c1. The smallest absolute Gasteiger partial charge is 0.125 e. The molecule has 0 saturated carbocycles. The lowest BCUT2D eigenvalue weighted by Gasteiger charge is -2.24. The molecule has 0 N–H and O–H groups in total. The van der Waals surface area contributed by atoms with Gasteiger partial charge in [-0.1, -0.05) is 0 Å². The zero-order valence-corrected chi connectivity index (χ0v) is 10.8. The first-order chi connectivity index (χ1) is 8.10. The van der Waals surface area contributed by atoms with Gasteiger partial charge in [-0.15, -0.1) is 11.6 Å². The predicted molar refractivity (Wildman–Crippen MR) is 68.6 cm³/mol. The molecule has 0 heterocycles. The van der Waals surface area contributed by atoms with Gasteiger partial charge in [0.15, 0.2) is 0 Å². The predicted octanol–water partition coefficient (Wildman–Crippen LogP) is 3.55. The highest BCUT2D eigenvalue weighted by Gasteiger charge is 2.10. The third-order valence-electron chi connectivity index (χ3n) is 2.56. The topological polar surface area (TPSA) is 27.0 Å². The highest BCUT2D eigenvalue weighted by Crippen LogP contribution is 2.20. The zero-order chi connectivity index (χ0) is 12.8. The van der Waals surface area contributed by atoms with Crippen LogP contribution in [0.15, 0.2) is 18.2 Å². The normalized spacial score (nSPS) is 11.9. The number of benzene rings is 1. The van der Waals surface area contributed by atoms with E-state index in [9.17, 15) is 4.39 Å². The summed E-state index contributed by atoms with van der Waals surface area (Å²) in [5, 5.41) is 8.81. The molecule has 0 saturated heterocycles. The number of nitriles is 1. The summed E-state index contributed by atoms with van der Waals surface area (Å²) < 4.78 is 13.4. The van der Waals surface area contributed by atoms with Crippen LogP contribution >= 0.6 is 11.6 Å². The van der Waals surface area contributed by atoms with Crippen LogP contribution < -0.4 is 4.90 Å². The average molecular weight is 255 g/mol. The van der Waals surface area contributed by atoms with Crippen LogP contribution in [0.1, 0.15) is 19.4 Å². The van der Waals surface area contributed by atoms with E-state index in [-0.39, 0.29) is 17.6 Å². The zero-order valence-electron chi connectivity index (χ0n) is 10.1. The molecule has 0 spiro atoms. The van der Waals surface area contributed by atoms with Crippen molar-refractivity contribution < 1.29 is 4.39 Å². The number of halogens is 2. The minimum absolute atomic E-state index is 0.0855. The van der Waals surface area contributed by atoms with Gasteiger partial charge in [0.25, 0.3) is 0 Å². The van der Waals surface area contributed by atoms with Gasteiger partial charge < -0.3 is 4.90 Å². The number of alkyl halides is 1. The first-order valence-corrected chi connectivity index (χ1v) is 6.14. The molecule has 0 amide bonds. The number of hydrogen-bond acceptors (Lipinski definition) is 2. The largest absolute Gasteiger partial charge is 0.370 e. The highest BCUT2D eigenvalue weighted by atomic mass is 35.5. The van der Waals surface area contributed by atoms with Crippen molar-refractivity contribution in [2.45, 2.75) is 19.7 Å². The van der Waals surface area contributed by atoms with E-state index in [1.165, 1.54) is 12.1 Å². The molecular weight excluding hydrogens is 239 g/mol. The summed E-state index contributed by atoms with van der Waals surface area (Å²) in [6.07, 6.45) is 0. The van der Waals surface area contributed by atoms with E-state index in [0.717, 1.165) is 17.8 Å². The molecule has 92 valence electrons. The van der Waals surface area contributed by atoms with Crippen LogP contribution in [0.2, 0.25) is 0 Å². The van der Waals surface area contributed by atoms with E-state index in [1.54, 1.807) is 0 Å². The molecule has 0 fully saturated rings. The lowest BCUT2D eigenvalue weighted by molar-refractivity contribution is 0.622. The molecule has 1 unspecified atom stereocenters. The lowest BCUT2D eigenvalue weighted by atomic mass is 10.1. The third kappa shape index (κ3) is 3.90. The van der Waals surface area contributed by atoms with E-state index in [4.69, 9.17) is 16.9 Å². The Labute approximate surface area is 107 Å². The van der Waals surface area contributed by atoms with Crippen molar-refractivity contribution in [1.82, 2.24) is 0 Å². The van der Waals surface area contributed by atoms with E-state index in [1.807, 2.05) is 24.8 Å². The lowest BCUT2D eigenvalue weighted by Crippen LogP contribution is -2.27. The third-order valence-corrected chi connectivity index (χ3v) is 2.87. The van der Waals surface area contributed by atoms with E-state index < -0.39 is 0 Å². The molecule has 1 rings (SSSR count). The van der Waals surface area contributed by atoms with Crippen molar-refractivity contribution in [2.24, 2.45) is 5.92 Å². The molecule has 0 aliphatic rings. The Morgan fingerprint density at radius 3 is 2.71 bits per heavy atom. The maximum absolute atomic E-state index is 13.4. The van der Waals surface area contributed by atoms with Gasteiger partial charge in [0, 0.05) is 24.7 Å². The van der Waals surface area contributed by atoms with Gasteiger partial charge in [-0.05, 0) is 37.6 Å². The molecule has 0 radical (unpaired) electrons. The van der Waals surface area contributed by atoms with Crippen molar-refractivity contribution in [3.63, 3.8) is 0 Å². The first-order valence-electron chi connectivity index (χ1n) is 5.60. The summed E-state index contributed by atoms with van der Waals surface area (Å²) in [7, 11) is 0. The van der Waals surface area contributed by atoms with E-state index in [2.05, 4.69) is 6.07 Å². The summed E-state index contributed by atoms with van der Waals surface area (Å²) in [4.78, 5) is 1.98. The van der Waals surface area contributed by atoms with Crippen molar-refractivity contribution in [3.05, 3.63) is 29.6 Å². The second-order valence-electron chi connectivity index (χ2n) is 4.02. The molecule has 0 aromatic heterocycles.